The highest BCUT2D eigenvalue weighted by molar-refractivity contribution is 6.33. The fourth-order valence-electron chi connectivity index (χ4n) is 2.07. The van der Waals surface area contributed by atoms with Crippen LogP contribution in [0, 0.1) is 0 Å². The van der Waals surface area contributed by atoms with Crippen LogP contribution in [-0.2, 0) is 6.42 Å². The number of hydrogen-bond acceptors (Lipinski definition) is 2. The third kappa shape index (κ3) is 3.28. The zero-order valence-corrected chi connectivity index (χ0v) is 12.0. The molecule has 0 atom stereocenters. The Morgan fingerprint density at radius 2 is 1.89 bits per heavy atom. The lowest BCUT2D eigenvalue weighted by atomic mass is 10.0. The molecule has 19 heavy (non-hydrogen) atoms. The van der Waals surface area contributed by atoms with Crippen LogP contribution in [0.3, 0.4) is 0 Å². The highest BCUT2D eigenvalue weighted by Crippen LogP contribution is 2.35. The topological polar surface area (TPSA) is 21.3 Å². The fourth-order valence-corrected chi connectivity index (χ4v) is 2.29. The second-order valence-electron chi connectivity index (χ2n) is 4.37. The van der Waals surface area contributed by atoms with Gasteiger partial charge in [-0.05, 0) is 43.8 Å². The number of para-hydroxylation sites is 1. The molecule has 0 spiro atoms. The minimum absolute atomic E-state index is 0.748. The normalized spacial score (nSPS) is 10.5. The lowest BCUT2D eigenvalue weighted by Crippen LogP contribution is -2.10. The van der Waals surface area contributed by atoms with Gasteiger partial charge in [0.2, 0.25) is 0 Å². The number of likely N-dealkylation sites (N-methyl/N-ethyl adjacent to an activating group) is 1. The SMILES string of the molecule is CNCCc1ccc(Cl)c(-c2ccccc2OC)c1. The van der Waals surface area contributed by atoms with E-state index < -0.39 is 0 Å². The highest BCUT2D eigenvalue weighted by Gasteiger charge is 2.09. The summed E-state index contributed by atoms with van der Waals surface area (Å²) in [5, 5.41) is 3.90. The van der Waals surface area contributed by atoms with Gasteiger partial charge in [-0.25, -0.2) is 0 Å². The minimum atomic E-state index is 0.748. The molecule has 0 aromatic heterocycles. The van der Waals surface area contributed by atoms with Crippen LogP contribution < -0.4 is 10.1 Å². The number of benzene rings is 2. The fraction of sp³-hybridized carbons (Fsp3) is 0.250. The van der Waals surface area contributed by atoms with Crippen molar-refractivity contribution in [1.82, 2.24) is 5.32 Å². The van der Waals surface area contributed by atoms with Crippen molar-refractivity contribution in [1.29, 1.82) is 0 Å². The second kappa shape index (κ2) is 6.60. The summed E-state index contributed by atoms with van der Waals surface area (Å²) in [6, 6.07) is 14.1. The quantitative estimate of drug-likeness (QED) is 0.897. The molecule has 0 fully saturated rings. The van der Waals surface area contributed by atoms with E-state index >= 15 is 0 Å². The van der Waals surface area contributed by atoms with Crippen LogP contribution >= 0.6 is 11.6 Å². The van der Waals surface area contributed by atoms with E-state index in [9.17, 15) is 0 Å². The summed E-state index contributed by atoms with van der Waals surface area (Å²) in [6.45, 7) is 0.951. The van der Waals surface area contributed by atoms with Crippen molar-refractivity contribution in [2.75, 3.05) is 20.7 Å². The van der Waals surface area contributed by atoms with Crippen molar-refractivity contribution in [3.63, 3.8) is 0 Å². The average molecular weight is 276 g/mol. The first kappa shape index (κ1) is 13.9. The number of hydrogen-bond donors (Lipinski definition) is 1. The van der Waals surface area contributed by atoms with E-state index in [0.717, 1.165) is 34.9 Å². The molecule has 0 radical (unpaired) electrons. The average Bonchev–Trinajstić information content (AvgIpc) is 2.46. The molecule has 0 saturated carbocycles. The smallest absolute Gasteiger partial charge is 0.126 e. The van der Waals surface area contributed by atoms with Gasteiger partial charge < -0.3 is 10.1 Å². The first-order valence-electron chi connectivity index (χ1n) is 6.32. The van der Waals surface area contributed by atoms with Crippen LogP contribution in [-0.4, -0.2) is 20.7 Å². The molecule has 0 aliphatic carbocycles. The van der Waals surface area contributed by atoms with Gasteiger partial charge in [0.1, 0.15) is 5.75 Å². The lowest BCUT2D eigenvalue weighted by molar-refractivity contribution is 0.416. The zero-order chi connectivity index (χ0) is 13.7. The molecule has 2 aromatic carbocycles. The van der Waals surface area contributed by atoms with E-state index in [1.54, 1.807) is 7.11 Å². The van der Waals surface area contributed by atoms with Crippen molar-refractivity contribution in [2.45, 2.75) is 6.42 Å². The number of nitrogens with one attached hydrogen (secondary N) is 1. The predicted octanol–water partition coefficient (Wildman–Crippen LogP) is 3.78. The molecule has 2 rings (SSSR count). The largest absolute Gasteiger partial charge is 0.496 e. The summed E-state index contributed by atoms with van der Waals surface area (Å²) in [4.78, 5) is 0. The molecular weight excluding hydrogens is 258 g/mol. The van der Waals surface area contributed by atoms with E-state index in [-0.39, 0.29) is 0 Å². The number of halogens is 1. The standard InChI is InChI=1S/C16H18ClNO/c1-18-10-9-12-7-8-15(17)14(11-12)13-5-3-4-6-16(13)19-2/h3-8,11,18H,9-10H2,1-2H3. The summed E-state index contributed by atoms with van der Waals surface area (Å²) in [7, 11) is 3.63. The molecule has 3 heteroatoms. The summed E-state index contributed by atoms with van der Waals surface area (Å²) >= 11 is 6.32. The molecule has 0 unspecified atom stereocenters. The summed E-state index contributed by atoms with van der Waals surface area (Å²) < 4.78 is 5.40. The Morgan fingerprint density at radius 3 is 2.63 bits per heavy atom. The molecule has 0 saturated heterocycles. The molecule has 1 N–H and O–H groups in total. The molecular formula is C16H18ClNO. The van der Waals surface area contributed by atoms with Crippen molar-refractivity contribution in [2.24, 2.45) is 0 Å². The van der Waals surface area contributed by atoms with Gasteiger partial charge in [-0.15, -0.1) is 0 Å². The van der Waals surface area contributed by atoms with E-state index in [0.29, 0.717) is 0 Å². The number of rotatable bonds is 5. The van der Waals surface area contributed by atoms with Crippen molar-refractivity contribution in [3.05, 3.63) is 53.1 Å². The second-order valence-corrected chi connectivity index (χ2v) is 4.78. The van der Waals surface area contributed by atoms with Crippen molar-refractivity contribution in [3.8, 4) is 16.9 Å². The summed E-state index contributed by atoms with van der Waals surface area (Å²) in [5.41, 5.74) is 3.31. The molecule has 100 valence electrons. The van der Waals surface area contributed by atoms with Gasteiger partial charge in [0, 0.05) is 16.1 Å². The van der Waals surface area contributed by atoms with E-state index in [2.05, 4.69) is 17.4 Å². The van der Waals surface area contributed by atoms with Gasteiger partial charge in [-0.1, -0.05) is 35.9 Å². The first-order valence-corrected chi connectivity index (χ1v) is 6.70. The molecule has 0 amide bonds. The maximum Gasteiger partial charge on any atom is 0.126 e. The van der Waals surface area contributed by atoms with E-state index in [1.807, 2.05) is 37.4 Å². The Balaban J connectivity index is 2.42. The van der Waals surface area contributed by atoms with Crippen LogP contribution in [0.1, 0.15) is 5.56 Å². The number of methoxy groups -OCH3 is 1. The van der Waals surface area contributed by atoms with Gasteiger partial charge in [0.25, 0.3) is 0 Å². The maximum absolute atomic E-state index is 6.32. The van der Waals surface area contributed by atoms with E-state index in [4.69, 9.17) is 16.3 Å². The highest BCUT2D eigenvalue weighted by atomic mass is 35.5. The van der Waals surface area contributed by atoms with Gasteiger partial charge in [0.05, 0.1) is 7.11 Å². The van der Waals surface area contributed by atoms with Gasteiger partial charge in [-0.3, -0.25) is 0 Å². The van der Waals surface area contributed by atoms with Gasteiger partial charge in [-0.2, -0.15) is 0 Å². The van der Waals surface area contributed by atoms with Crippen LogP contribution in [0.5, 0.6) is 5.75 Å². The minimum Gasteiger partial charge on any atom is -0.496 e. The van der Waals surface area contributed by atoms with Gasteiger partial charge in [0.15, 0.2) is 0 Å². The van der Waals surface area contributed by atoms with Gasteiger partial charge >= 0.3 is 0 Å². The Hall–Kier alpha value is -1.51. The molecule has 0 heterocycles. The predicted molar refractivity (Wildman–Crippen MR) is 81.1 cm³/mol. The Kier molecular flexibility index (Phi) is 4.83. The van der Waals surface area contributed by atoms with Crippen molar-refractivity contribution >= 4 is 11.6 Å². The Labute approximate surface area is 119 Å². The maximum atomic E-state index is 6.32. The van der Waals surface area contributed by atoms with Crippen LogP contribution in [0.25, 0.3) is 11.1 Å². The van der Waals surface area contributed by atoms with Crippen molar-refractivity contribution < 1.29 is 4.74 Å². The molecule has 0 aliphatic heterocycles. The first-order chi connectivity index (χ1) is 9.26. The van der Waals surface area contributed by atoms with E-state index in [1.165, 1.54) is 5.56 Å². The lowest BCUT2D eigenvalue weighted by Gasteiger charge is -2.11. The number of ether oxygens (including phenoxy) is 1. The Morgan fingerprint density at radius 1 is 1.11 bits per heavy atom. The molecule has 2 aromatic rings. The zero-order valence-electron chi connectivity index (χ0n) is 11.2. The molecule has 0 aliphatic rings. The third-order valence-electron chi connectivity index (χ3n) is 3.09. The summed E-state index contributed by atoms with van der Waals surface area (Å²) in [6.07, 6.45) is 0.982. The molecule has 0 bridgehead atoms. The molecule has 2 nitrogen and oxygen atoms in total. The summed E-state index contributed by atoms with van der Waals surface area (Å²) in [5.74, 6) is 0.843. The Bertz CT molecular complexity index is 554. The van der Waals surface area contributed by atoms with Crippen LogP contribution in [0.2, 0.25) is 5.02 Å². The third-order valence-corrected chi connectivity index (χ3v) is 3.42. The monoisotopic (exact) mass is 275 g/mol. The van der Waals surface area contributed by atoms with Crippen LogP contribution in [0.15, 0.2) is 42.5 Å². The van der Waals surface area contributed by atoms with Crippen LogP contribution in [0.4, 0.5) is 0 Å².